The SMILES string of the molecule is CCCCCCCCCCc1ccc(CCC2CCC(CCc3ccc(CCc4cc(F)c(Cl)c(F)c4)cc3)CC2)cc1. The number of halogens is 3. The van der Waals surface area contributed by atoms with E-state index in [-0.39, 0.29) is 0 Å². The van der Waals surface area contributed by atoms with Gasteiger partial charge in [0.15, 0.2) is 0 Å². The summed E-state index contributed by atoms with van der Waals surface area (Å²) in [7, 11) is 0. The summed E-state index contributed by atoms with van der Waals surface area (Å²) in [6, 6.07) is 21.0. The van der Waals surface area contributed by atoms with Gasteiger partial charge < -0.3 is 0 Å². The number of rotatable bonds is 18. The lowest BCUT2D eigenvalue weighted by atomic mass is 9.77. The lowest BCUT2D eigenvalue weighted by molar-refractivity contribution is 0.253. The van der Waals surface area contributed by atoms with Crippen LogP contribution in [0.1, 0.15) is 125 Å². The molecule has 0 unspecified atom stereocenters. The Morgan fingerprint density at radius 1 is 0.512 bits per heavy atom. The van der Waals surface area contributed by atoms with Crippen molar-refractivity contribution in [1.82, 2.24) is 0 Å². The van der Waals surface area contributed by atoms with E-state index in [9.17, 15) is 8.78 Å². The maximum atomic E-state index is 13.7. The fourth-order valence-corrected chi connectivity index (χ4v) is 6.91. The Labute approximate surface area is 265 Å². The van der Waals surface area contributed by atoms with Gasteiger partial charge in [-0.1, -0.05) is 138 Å². The molecule has 43 heavy (non-hydrogen) atoms. The predicted octanol–water partition coefficient (Wildman–Crippen LogP) is 12.5. The predicted molar refractivity (Wildman–Crippen MR) is 180 cm³/mol. The molecule has 0 radical (unpaired) electrons. The maximum Gasteiger partial charge on any atom is 0.145 e. The van der Waals surface area contributed by atoms with Crippen LogP contribution in [0.3, 0.4) is 0 Å². The molecule has 4 rings (SSSR count). The quantitative estimate of drug-likeness (QED) is 0.0997. The van der Waals surface area contributed by atoms with Crippen molar-refractivity contribution in [3.63, 3.8) is 0 Å². The molecule has 0 bridgehead atoms. The summed E-state index contributed by atoms with van der Waals surface area (Å²) in [5.74, 6) is 0.363. The Morgan fingerprint density at radius 2 is 0.884 bits per heavy atom. The van der Waals surface area contributed by atoms with Crippen molar-refractivity contribution in [2.75, 3.05) is 0 Å². The van der Waals surface area contributed by atoms with Crippen LogP contribution in [-0.2, 0) is 32.1 Å². The normalized spacial score (nSPS) is 16.9. The van der Waals surface area contributed by atoms with Crippen LogP contribution in [0.5, 0.6) is 0 Å². The van der Waals surface area contributed by atoms with Crippen LogP contribution >= 0.6 is 11.6 Å². The van der Waals surface area contributed by atoms with Crippen LogP contribution in [0.4, 0.5) is 8.78 Å². The van der Waals surface area contributed by atoms with Crippen molar-refractivity contribution in [2.45, 2.75) is 129 Å². The molecule has 0 amide bonds. The highest BCUT2D eigenvalue weighted by Gasteiger charge is 2.21. The van der Waals surface area contributed by atoms with E-state index in [4.69, 9.17) is 11.6 Å². The van der Waals surface area contributed by atoms with Crippen LogP contribution < -0.4 is 0 Å². The van der Waals surface area contributed by atoms with Crippen molar-refractivity contribution in [3.8, 4) is 0 Å². The van der Waals surface area contributed by atoms with Crippen molar-refractivity contribution in [1.29, 1.82) is 0 Å². The van der Waals surface area contributed by atoms with Gasteiger partial charge in [0.1, 0.15) is 16.7 Å². The minimum atomic E-state index is -0.685. The van der Waals surface area contributed by atoms with Gasteiger partial charge in [-0.2, -0.15) is 0 Å². The summed E-state index contributed by atoms with van der Waals surface area (Å²) in [6.45, 7) is 2.29. The first-order valence-electron chi connectivity index (χ1n) is 17.3. The van der Waals surface area contributed by atoms with E-state index in [1.807, 2.05) is 0 Å². The zero-order valence-electron chi connectivity index (χ0n) is 26.5. The van der Waals surface area contributed by atoms with Gasteiger partial charge in [0.25, 0.3) is 0 Å². The molecule has 0 N–H and O–H groups in total. The second-order valence-corrected chi connectivity index (χ2v) is 13.6. The van der Waals surface area contributed by atoms with Crippen molar-refractivity contribution in [3.05, 3.63) is 105 Å². The van der Waals surface area contributed by atoms with Crippen molar-refractivity contribution >= 4 is 11.6 Å². The molecule has 0 aromatic heterocycles. The number of hydrogen-bond acceptors (Lipinski definition) is 0. The number of benzene rings is 3. The standard InChI is InChI=1S/C40H53ClF2/c1-2-3-4-5-6-7-8-9-10-31-11-13-32(14-12-31)15-16-33-17-19-34(20-18-33)21-22-35-23-25-36(26-24-35)27-28-37-29-38(42)40(41)39(43)30-37/h11-14,23-26,29-30,33-34H,2-10,15-22,27-28H2,1H3. The number of aryl methyl sites for hydroxylation is 5. The van der Waals surface area contributed by atoms with Crippen molar-refractivity contribution < 1.29 is 8.78 Å². The topological polar surface area (TPSA) is 0 Å². The van der Waals surface area contributed by atoms with E-state index < -0.39 is 16.7 Å². The monoisotopic (exact) mass is 606 g/mol. The summed E-state index contributed by atoms with van der Waals surface area (Å²) in [6.07, 6.45) is 24.2. The lowest BCUT2D eigenvalue weighted by Gasteiger charge is -2.28. The molecular formula is C40H53ClF2. The molecule has 234 valence electrons. The van der Waals surface area contributed by atoms with Crippen LogP contribution in [0, 0.1) is 23.5 Å². The summed E-state index contributed by atoms with van der Waals surface area (Å²) in [4.78, 5) is 0. The van der Waals surface area contributed by atoms with Crippen LogP contribution in [-0.4, -0.2) is 0 Å². The molecule has 0 saturated heterocycles. The molecule has 1 saturated carbocycles. The first kappa shape index (κ1) is 33.7. The van der Waals surface area contributed by atoms with Gasteiger partial charge in [-0.05, 0) is 103 Å². The van der Waals surface area contributed by atoms with Gasteiger partial charge in [-0.25, -0.2) is 8.78 Å². The van der Waals surface area contributed by atoms with E-state index in [0.717, 1.165) is 24.7 Å². The summed E-state index contributed by atoms with van der Waals surface area (Å²) in [5, 5.41) is -0.425. The van der Waals surface area contributed by atoms with E-state index in [2.05, 4.69) is 55.5 Å². The average Bonchev–Trinajstić information content (AvgIpc) is 3.03. The molecule has 0 heterocycles. The fraction of sp³-hybridized carbons (Fsp3) is 0.550. The molecule has 3 aromatic rings. The Balaban J connectivity index is 1.06. The third-order valence-corrected chi connectivity index (χ3v) is 10.1. The van der Waals surface area contributed by atoms with Crippen LogP contribution in [0.15, 0.2) is 60.7 Å². The lowest BCUT2D eigenvalue weighted by Crippen LogP contribution is -2.15. The number of unbranched alkanes of at least 4 members (excludes halogenated alkanes) is 7. The molecule has 0 nitrogen and oxygen atoms in total. The van der Waals surface area contributed by atoms with E-state index in [1.165, 1.54) is 137 Å². The molecule has 0 spiro atoms. The molecule has 3 heteroatoms. The second-order valence-electron chi connectivity index (χ2n) is 13.2. The molecule has 1 aliphatic carbocycles. The van der Waals surface area contributed by atoms with Gasteiger partial charge in [-0.3, -0.25) is 0 Å². The highest BCUT2D eigenvalue weighted by molar-refractivity contribution is 6.30. The van der Waals surface area contributed by atoms with E-state index in [1.54, 1.807) is 0 Å². The Morgan fingerprint density at radius 3 is 1.35 bits per heavy atom. The van der Waals surface area contributed by atoms with E-state index in [0.29, 0.717) is 12.0 Å². The van der Waals surface area contributed by atoms with E-state index >= 15 is 0 Å². The van der Waals surface area contributed by atoms with Gasteiger partial charge in [0.05, 0.1) is 0 Å². The largest absolute Gasteiger partial charge is 0.205 e. The van der Waals surface area contributed by atoms with Gasteiger partial charge in [-0.15, -0.1) is 0 Å². The molecular weight excluding hydrogens is 554 g/mol. The van der Waals surface area contributed by atoms with Gasteiger partial charge in [0, 0.05) is 0 Å². The third-order valence-electron chi connectivity index (χ3n) is 9.76. The highest BCUT2D eigenvalue weighted by atomic mass is 35.5. The summed E-state index contributed by atoms with van der Waals surface area (Å²) >= 11 is 5.60. The first-order chi connectivity index (χ1) is 21.0. The Hall–Kier alpha value is -2.19. The minimum absolute atomic E-state index is 0.425. The third kappa shape index (κ3) is 12.0. The first-order valence-corrected chi connectivity index (χ1v) is 17.7. The Bertz CT molecular complexity index is 1170. The molecule has 1 fully saturated rings. The van der Waals surface area contributed by atoms with Crippen LogP contribution in [0.2, 0.25) is 5.02 Å². The van der Waals surface area contributed by atoms with Crippen LogP contribution in [0.25, 0.3) is 0 Å². The molecule has 0 atom stereocenters. The molecule has 1 aliphatic rings. The Kier molecular flexibility index (Phi) is 14.6. The second kappa shape index (κ2) is 18.6. The summed E-state index contributed by atoms with van der Waals surface area (Å²) in [5.41, 5.74) is 6.24. The zero-order chi connectivity index (χ0) is 30.3. The highest BCUT2D eigenvalue weighted by Crippen LogP contribution is 2.34. The van der Waals surface area contributed by atoms with Gasteiger partial charge >= 0.3 is 0 Å². The molecule has 0 aliphatic heterocycles. The molecule has 3 aromatic carbocycles. The van der Waals surface area contributed by atoms with Gasteiger partial charge in [0.2, 0.25) is 0 Å². The summed E-state index contributed by atoms with van der Waals surface area (Å²) < 4.78 is 27.4. The minimum Gasteiger partial charge on any atom is -0.205 e. The number of hydrogen-bond donors (Lipinski definition) is 0. The van der Waals surface area contributed by atoms with Crippen molar-refractivity contribution in [2.24, 2.45) is 11.8 Å². The average molecular weight is 607 g/mol. The smallest absolute Gasteiger partial charge is 0.145 e. The zero-order valence-corrected chi connectivity index (χ0v) is 27.3. The maximum absolute atomic E-state index is 13.7. The fourth-order valence-electron chi connectivity index (χ4n) is 6.80.